The van der Waals surface area contributed by atoms with Crippen LogP contribution in [0.5, 0.6) is 0 Å². The van der Waals surface area contributed by atoms with Crippen molar-refractivity contribution in [2.24, 2.45) is 0 Å². The fraction of sp³-hybridized carbons (Fsp3) is 0.0625. The van der Waals surface area contributed by atoms with Gasteiger partial charge in [-0.25, -0.2) is 9.97 Å². The topological polar surface area (TPSA) is 127 Å². The Bertz CT molecular complexity index is 2210. The highest BCUT2D eigenvalue weighted by Crippen LogP contribution is 2.32. The van der Waals surface area contributed by atoms with E-state index in [1.54, 1.807) is 75.3 Å². The molecule has 0 bridgehead atoms. The van der Waals surface area contributed by atoms with Crippen molar-refractivity contribution in [2.75, 3.05) is 19.4 Å². The minimum Gasteiger partial charge on any atom is -0.345 e. The Morgan fingerprint density at radius 1 is 0.619 bits per heavy atom. The smallest absolute Gasteiger partial charge is 0.255 e. The molecule has 5 heterocycles. The maximum Gasteiger partial charge on any atom is 0.255 e. The van der Waals surface area contributed by atoms with Gasteiger partial charge in [0.2, 0.25) is 0 Å². The van der Waals surface area contributed by atoms with Gasteiger partial charge in [0.1, 0.15) is 0 Å². The van der Waals surface area contributed by atoms with Crippen molar-refractivity contribution < 1.29 is 9.59 Å². The molecular formula is C32H22N8O2. The molecule has 42 heavy (non-hydrogen) atoms. The van der Waals surface area contributed by atoms with E-state index in [1.165, 1.54) is 4.90 Å². The number of benzene rings is 2. The number of hydrogen-bond acceptors (Lipinski definition) is 8. The largest absolute Gasteiger partial charge is 0.345 e. The molecule has 7 aromatic rings. The first-order valence-corrected chi connectivity index (χ1v) is 13.1. The van der Waals surface area contributed by atoms with Gasteiger partial charge >= 0.3 is 0 Å². The molecule has 0 radical (unpaired) electrons. The first-order valence-electron chi connectivity index (χ1n) is 13.1. The van der Waals surface area contributed by atoms with Gasteiger partial charge in [0.05, 0.1) is 44.5 Å². The molecule has 1 N–H and O–H groups in total. The van der Waals surface area contributed by atoms with Crippen LogP contribution in [0.3, 0.4) is 0 Å². The predicted molar refractivity (Wildman–Crippen MR) is 161 cm³/mol. The summed E-state index contributed by atoms with van der Waals surface area (Å²) in [5.41, 5.74) is 6.76. The highest BCUT2D eigenvalue weighted by Gasteiger charge is 2.16. The molecule has 10 nitrogen and oxygen atoms in total. The third-order valence-electron chi connectivity index (χ3n) is 6.97. The molecule has 0 atom stereocenters. The lowest BCUT2D eigenvalue weighted by molar-refractivity contribution is 0.0827. The van der Waals surface area contributed by atoms with Gasteiger partial charge in [-0.3, -0.25) is 29.5 Å². The Hall–Kier alpha value is -5.90. The third-order valence-corrected chi connectivity index (χ3v) is 6.97. The molecule has 0 saturated heterocycles. The third kappa shape index (κ3) is 4.31. The van der Waals surface area contributed by atoms with E-state index >= 15 is 0 Å². The number of rotatable bonds is 4. The van der Waals surface area contributed by atoms with Gasteiger partial charge in [0, 0.05) is 66.5 Å². The number of hydrogen-bond donors (Lipinski definition) is 1. The minimum atomic E-state index is -0.320. The second-order valence-electron chi connectivity index (χ2n) is 9.94. The summed E-state index contributed by atoms with van der Waals surface area (Å²) in [6.07, 6.45) is 6.59. The molecule has 0 saturated carbocycles. The Morgan fingerprint density at radius 3 is 1.86 bits per heavy atom. The van der Waals surface area contributed by atoms with Gasteiger partial charge in [-0.2, -0.15) is 0 Å². The van der Waals surface area contributed by atoms with Crippen molar-refractivity contribution in [1.82, 2.24) is 34.8 Å². The maximum absolute atomic E-state index is 13.3. The van der Waals surface area contributed by atoms with E-state index in [9.17, 15) is 9.59 Å². The average molecular weight is 551 g/mol. The Morgan fingerprint density at radius 2 is 1.21 bits per heavy atom. The van der Waals surface area contributed by atoms with Crippen LogP contribution in [-0.2, 0) is 0 Å². The van der Waals surface area contributed by atoms with Gasteiger partial charge in [-0.15, -0.1) is 0 Å². The molecule has 202 valence electrons. The summed E-state index contributed by atoms with van der Waals surface area (Å²) in [7, 11) is 3.37. The predicted octanol–water partition coefficient (Wildman–Crippen LogP) is 5.29. The zero-order valence-electron chi connectivity index (χ0n) is 22.6. The van der Waals surface area contributed by atoms with E-state index in [0.29, 0.717) is 39.2 Å². The van der Waals surface area contributed by atoms with Crippen LogP contribution in [0, 0.1) is 0 Å². The summed E-state index contributed by atoms with van der Waals surface area (Å²) < 4.78 is 0. The van der Waals surface area contributed by atoms with Crippen LogP contribution in [0.4, 0.5) is 5.69 Å². The van der Waals surface area contributed by atoms with E-state index in [0.717, 1.165) is 32.8 Å². The number of nitrogens with one attached hydrogen (secondary N) is 1. The second-order valence-corrected chi connectivity index (χ2v) is 9.94. The molecule has 7 rings (SSSR count). The fourth-order valence-corrected chi connectivity index (χ4v) is 4.95. The van der Waals surface area contributed by atoms with Crippen LogP contribution >= 0.6 is 0 Å². The van der Waals surface area contributed by atoms with Crippen LogP contribution in [0.15, 0.2) is 91.5 Å². The fourth-order valence-electron chi connectivity index (χ4n) is 4.95. The molecule has 5 aromatic heterocycles. The molecule has 2 aromatic carbocycles. The van der Waals surface area contributed by atoms with Crippen molar-refractivity contribution in [2.45, 2.75) is 0 Å². The van der Waals surface area contributed by atoms with Crippen molar-refractivity contribution in [3.05, 3.63) is 103 Å². The summed E-state index contributed by atoms with van der Waals surface area (Å²) in [6, 6.07) is 19.7. The quantitative estimate of drug-likeness (QED) is 0.231. The summed E-state index contributed by atoms with van der Waals surface area (Å²) >= 11 is 0. The molecule has 0 aliphatic carbocycles. The molecular weight excluding hydrogens is 528 g/mol. The number of fused-ring (bicyclic) bond motifs is 7. The van der Waals surface area contributed by atoms with Gasteiger partial charge in [-0.1, -0.05) is 0 Å². The number of anilines is 1. The van der Waals surface area contributed by atoms with E-state index < -0.39 is 0 Å². The molecule has 2 amide bonds. The lowest BCUT2D eigenvalue weighted by Gasteiger charge is -2.11. The van der Waals surface area contributed by atoms with E-state index in [2.05, 4.69) is 25.3 Å². The van der Waals surface area contributed by atoms with Crippen molar-refractivity contribution in [3.8, 4) is 11.4 Å². The normalized spacial score (nSPS) is 11.3. The first-order chi connectivity index (χ1) is 20.5. The van der Waals surface area contributed by atoms with Crippen molar-refractivity contribution in [3.63, 3.8) is 0 Å². The van der Waals surface area contributed by atoms with Crippen LogP contribution in [0.1, 0.15) is 20.7 Å². The number of carbonyl (C=O) groups excluding carboxylic acids is 2. The van der Waals surface area contributed by atoms with E-state index in [4.69, 9.17) is 9.97 Å². The van der Waals surface area contributed by atoms with Crippen LogP contribution in [0.2, 0.25) is 0 Å². The number of aromatic nitrogens is 6. The Labute approximate surface area is 239 Å². The highest BCUT2D eigenvalue weighted by molar-refractivity contribution is 6.21. The lowest BCUT2D eigenvalue weighted by Crippen LogP contribution is -2.21. The van der Waals surface area contributed by atoms with Crippen LogP contribution < -0.4 is 5.32 Å². The molecule has 0 aliphatic heterocycles. The van der Waals surface area contributed by atoms with Gasteiger partial charge in [0.15, 0.2) is 0 Å². The lowest BCUT2D eigenvalue weighted by atomic mass is 10.1. The molecule has 10 heteroatoms. The standard InChI is InChI=1S/C32H22N8O2/c1-40(2)32(42)19-10-14-34-25(16-19)24-15-18(9-13-33-24)31(41)37-20-7-8-23-26(17-20)39-30-22-6-4-12-36-28(22)27-21(29(30)38-23)5-3-11-35-27/h3-17H,1-2H3,(H,37,41). The van der Waals surface area contributed by atoms with Crippen molar-refractivity contribution >= 4 is 61.4 Å². The van der Waals surface area contributed by atoms with Crippen LogP contribution in [0.25, 0.3) is 55.3 Å². The van der Waals surface area contributed by atoms with E-state index in [1.807, 2.05) is 30.3 Å². The van der Waals surface area contributed by atoms with Gasteiger partial charge in [0.25, 0.3) is 11.8 Å². The Balaban J connectivity index is 1.24. The van der Waals surface area contributed by atoms with Gasteiger partial charge < -0.3 is 10.2 Å². The SMILES string of the molecule is CN(C)C(=O)c1ccnc(-c2cc(C(=O)Nc3ccc4nc5c6cccnc6c6ncccc6c5nc4c3)ccn2)c1. The minimum absolute atomic E-state index is 0.145. The summed E-state index contributed by atoms with van der Waals surface area (Å²) in [6.45, 7) is 0. The monoisotopic (exact) mass is 550 g/mol. The zero-order valence-corrected chi connectivity index (χ0v) is 22.6. The summed E-state index contributed by atoms with van der Waals surface area (Å²) in [5.74, 6) is -0.465. The van der Waals surface area contributed by atoms with Crippen LogP contribution in [-0.4, -0.2) is 60.7 Å². The molecule has 0 spiro atoms. The number of carbonyl (C=O) groups is 2. The molecule has 0 unspecified atom stereocenters. The number of pyridine rings is 4. The van der Waals surface area contributed by atoms with Crippen molar-refractivity contribution in [1.29, 1.82) is 0 Å². The Kier molecular flexibility index (Phi) is 5.93. The zero-order chi connectivity index (χ0) is 28.8. The highest BCUT2D eigenvalue weighted by atomic mass is 16.2. The first kappa shape index (κ1) is 25.1. The number of nitrogens with zero attached hydrogens (tertiary/aromatic N) is 7. The number of amides is 2. The second kappa shape index (κ2) is 9.93. The molecule has 0 fully saturated rings. The average Bonchev–Trinajstić information content (AvgIpc) is 3.04. The maximum atomic E-state index is 13.3. The summed E-state index contributed by atoms with van der Waals surface area (Å²) in [4.78, 5) is 54.9. The molecule has 0 aliphatic rings. The van der Waals surface area contributed by atoms with E-state index in [-0.39, 0.29) is 11.8 Å². The van der Waals surface area contributed by atoms with Gasteiger partial charge in [-0.05, 0) is 66.7 Å². The summed E-state index contributed by atoms with van der Waals surface area (Å²) in [5, 5.41) is 4.69.